The van der Waals surface area contributed by atoms with Gasteiger partial charge in [0.25, 0.3) is 5.69 Å². The summed E-state index contributed by atoms with van der Waals surface area (Å²) in [6.07, 6.45) is 6.39. The molecule has 0 saturated heterocycles. The van der Waals surface area contributed by atoms with E-state index in [9.17, 15) is 10.1 Å². The number of rotatable bonds is 8. The lowest BCUT2D eigenvalue weighted by molar-refractivity contribution is -0.384. The predicted octanol–water partition coefficient (Wildman–Crippen LogP) is 5.39. The average molecular weight is 324 g/mol. The number of benzene rings is 2. The normalized spacial score (nSPS) is 10.9. The molecule has 4 heteroatoms. The van der Waals surface area contributed by atoms with Crippen LogP contribution in [0.15, 0.2) is 48.5 Å². The Bertz CT molecular complexity index is 676. The van der Waals surface area contributed by atoms with Crippen LogP contribution in [0.3, 0.4) is 0 Å². The molecule has 0 aromatic heterocycles. The van der Waals surface area contributed by atoms with Crippen LogP contribution in [0.5, 0.6) is 0 Å². The molecule has 0 saturated carbocycles. The van der Waals surface area contributed by atoms with Crippen molar-refractivity contribution in [3.8, 4) is 0 Å². The van der Waals surface area contributed by atoms with Crippen molar-refractivity contribution in [2.75, 3.05) is 18.0 Å². The molecule has 0 aliphatic rings. The van der Waals surface area contributed by atoms with Gasteiger partial charge in [-0.15, -0.1) is 0 Å². The molecule has 0 atom stereocenters. The number of anilines is 1. The van der Waals surface area contributed by atoms with Gasteiger partial charge in [-0.25, -0.2) is 0 Å². The summed E-state index contributed by atoms with van der Waals surface area (Å²) in [4.78, 5) is 12.7. The molecular weight excluding hydrogens is 300 g/mol. The van der Waals surface area contributed by atoms with Crippen LogP contribution in [0, 0.1) is 10.1 Å². The fourth-order valence-electron chi connectivity index (χ4n) is 2.51. The molecule has 0 unspecified atom stereocenters. The minimum Gasteiger partial charge on any atom is -0.372 e. The zero-order chi connectivity index (χ0) is 17.4. The van der Waals surface area contributed by atoms with Crippen molar-refractivity contribution in [2.24, 2.45) is 0 Å². The Morgan fingerprint density at radius 1 is 0.958 bits per heavy atom. The molecule has 0 fully saturated rings. The number of nitrogens with zero attached hydrogens (tertiary/aromatic N) is 2. The number of non-ortho nitro benzene ring substituents is 1. The van der Waals surface area contributed by atoms with Gasteiger partial charge in [-0.2, -0.15) is 0 Å². The van der Waals surface area contributed by atoms with E-state index < -0.39 is 0 Å². The summed E-state index contributed by atoms with van der Waals surface area (Å²) in [5, 5.41) is 10.7. The van der Waals surface area contributed by atoms with Crippen LogP contribution in [-0.4, -0.2) is 18.0 Å². The monoisotopic (exact) mass is 324 g/mol. The first-order valence-corrected chi connectivity index (χ1v) is 8.41. The zero-order valence-corrected chi connectivity index (χ0v) is 14.3. The van der Waals surface area contributed by atoms with E-state index >= 15 is 0 Å². The summed E-state index contributed by atoms with van der Waals surface area (Å²) < 4.78 is 0. The average Bonchev–Trinajstić information content (AvgIpc) is 2.62. The highest BCUT2D eigenvalue weighted by molar-refractivity contribution is 5.71. The first-order valence-electron chi connectivity index (χ1n) is 8.41. The van der Waals surface area contributed by atoms with Crippen molar-refractivity contribution < 1.29 is 4.92 Å². The van der Waals surface area contributed by atoms with Crippen LogP contribution >= 0.6 is 0 Å². The molecule has 4 nitrogen and oxygen atoms in total. The number of nitro benzene ring substituents is 1. The highest BCUT2D eigenvalue weighted by atomic mass is 16.6. The molecule has 2 aromatic carbocycles. The van der Waals surface area contributed by atoms with Crippen LogP contribution in [0.1, 0.15) is 37.8 Å². The van der Waals surface area contributed by atoms with Gasteiger partial charge in [0, 0.05) is 30.9 Å². The minimum atomic E-state index is -0.385. The summed E-state index contributed by atoms with van der Waals surface area (Å²) >= 11 is 0. The Labute approximate surface area is 143 Å². The summed E-state index contributed by atoms with van der Waals surface area (Å²) in [6, 6.07) is 15.1. The van der Waals surface area contributed by atoms with E-state index in [0.29, 0.717) is 0 Å². The van der Waals surface area contributed by atoms with Gasteiger partial charge in [-0.05, 0) is 48.7 Å². The molecular formula is C20H24N2O2. The molecule has 0 spiro atoms. The van der Waals surface area contributed by atoms with Crippen LogP contribution < -0.4 is 4.90 Å². The second-order valence-corrected chi connectivity index (χ2v) is 5.71. The van der Waals surface area contributed by atoms with E-state index in [1.54, 1.807) is 12.1 Å². The number of nitro groups is 1. The van der Waals surface area contributed by atoms with Crippen LogP contribution in [0.2, 0.25) is 0 Å². The molecule has 2 rings (SSSR count). The number of hydrogen-bond acceptors (Lipinski definition) is 3. The molecule has 2 aromatic rings. The first-order chi connectivity index (χ1) is 11.6. The predicted molar refractivity (Wildman–Crippen MR) is 101 cm³/mol. The second-order valence-electron chi connectivity index (χ2n) is 5.71. The van der Waals surface area contributed by atoms with E-state index in [0.717, 1.165) is 24.2 Å². The standard InChI is InChI=1S/C20H24N2O2/c1-3-5-16-21(4-2)19-12-8-17(9-13-19)6-7-18-10-14-20(15-11-18)22(23)24/h6-15H,3-5,16H2,1-2H3. The largest absolute Gasteiger partial charge is 0.372 e. The topological polar surface area (TPSA) is 46.4 Å². The lowest BCUT2D eigenvalue weighted by atomic mass is 10.1. The fourth-order valence-corrected chi connectivity index (χ4v) is 2.51. The first kappa shape index (κ1) is 17.7. The van der Waals surface area contributed by atoms with Crippen LogP contribution in [0.25, 0.3) is 12.2 Å². The van der Waals surface area contributed by atoms with Gasteiger partial charge in [-0.3, -0.25) is 10.1 Å². The number of hydrogen-bond donors (Lipinski definition) is 0. The van der Waals surface area contributed by atoms with E-state index in [-0.39, 0.29) is 10.6 Å². The van der Waals surface area contributed by atoms with E-state index in [1.807, 2.05) is 12.2 Å². The Hall–Kier alpha value is -2.62. The maximum atomic E-state index is 10.7. The summed E-state index contributed by atoms with van der Waals surface area (Å²) in [5.41, 5.74) is 3.42. The van der Waals surface area contributed by atoms with Crippen molar-refractivity contribution >= 4 is 23.5 Å². The van der Waals surface area contributed by atoms with Crippen molar-refractivity contribution in [3.63, 3.8) is 0 Å². The second kappa shape index (κ2) is 8.87. The van der Waals surface area contributed by atoms with Crippen molar-refractivity contribution in [1.29, 1.82) is 0 Å². The highest BCUT2D eigenvalue weighted by Crippen LogP contribution is 2.18. The molecule has 0 bridgehead atoms. The van der Waals surface area contributed by atoms with Crippen molar-refractivity contribution in [2.45, 2.75) is 26.7 Å². The lowest BCUT2D eigenvalue weighted by Crippen LogP contribution is -2.23. The van der Waals surface area contributed by atoms with Crippen molar-refractivity contribution in [3.05, 3.63) is 69.8 Å². The van der Waals surface area contributed by atoms with Gasteiger partial charge >= 0.3 is 0 Å². The molecule has 0 aliphatic carbocycles. The fraction of sp³-hybridized carbons (Fsp3) is 0.300. The molecule has 0 amide bonds. The summed E-state index contributed by atoms with van der Waals surface area (Å²) in [7, 11) is 0. The smallest absolute Gasteiger partial charge is 0.269 e. The Kier molecular flexibility index (Phi) is 6.55. The van der Waals surface area contributed by atoms with E-state index in [1.165, 1.54) is 30.7 Å². The van der Waals surface area contributed by atoms with Crippen LogP contribution in [0.4, 0.5) is 11.4 Å². The summed E-state index contributed by atoms with van der Waals surface area (Å²) in [6.45, 7) is 6.49. The molecule has 0 radical (unpaired) electrons. The maximum absolute atomic E-state index is 10.7. The lowest BCUT2D eigenvalue weighted by Gasteiger charge is -2.22. The minimum absolute atomic E-state index is 0.114. The quantitative estimate of drug-likeness (QED) is 0.371. The van der Waals surface area contributed by atoms with E-state index in [2.05, 4.69) is 43.0 Å². The third-order valence-electron chi connectivity index (χ3n) is 3.99. The number of unbranched alkanes of at least 4 members (excludes halogenated alkanes) is 1. The van der Waals surface area contributed by atoms with Gasteiger partial charge < -0.3 is 4.90 Å². The molecule has 126 valence electrons. The summed E-state index contributed by atoms with van der Waals surface area (Å²) in [5.74, 6) is 0. The molecule has 0 N–H and O–H groups in total. The van der Waals surface area contributed by atoms with Gasteiger partial charge in [0.05, 0.1) is 4.92 Å². The third-order valence-corrected chi connectivity index (χ3v) is 3.99. The zero-order valence-electron chi connectivity index (χ0n) is 14.3. The van der Waals surface area contributed by atoms with Gasteiger partial charge in [0.2, 0.25) is 0 Å². The molecule has 24 heavy (non-hydrogen) atoms. The molecule has 0 heterocycles. The van der Waals surface area contributed by atoms with Crippen LogP contribution in [-0.2, 0) is 0 Å². The Morgan fingerprint density at radius 3 is 1.96 bits per heavy atom. The highest BCUT2D eigenvalue weighted by Gasteiger charge is 2.03. The Balaban J connectivity index is 2.03. The van der Waals surface area contributed by atoms with Crippen molar-refractivity contribution in [1.82, 2.24) is 0 Å². The van der Waals surface area contributed by atoms with Gasteiger partial charge in [0.1, 0.15) is 0 Å². The Morgan fingerprint density at radius 2 is 1.50 bits per heavy atom. The SMILES string of the molecule is CCCCN(CC)c1ccc(C=Cc2ccc([N+](=O)[O-])cc2)cc1. The third kappa shape index (κ3) is 4.95. The maximum Gasteiger partial charge on any atom is 0.269 e. The van der Waals surface area contributed by atoms with Gasteiger partial charge in [-0.1, -0.05) is 37.6 Å². The van der Waals surface area contributed by atoms with Gasteiger partial charge in [0.15, 0.2) is 0 Å². The van der Waals surface area contributed by atoms with E-state index in [4.69, 9.17) is 0 Å². The molecule has 0 aliphatic heterocycles.